The van der Waals surface area contributed by atoms with Crippen LogP contribution < -0.4 is 5.32 Å². The Bertz CT molecular complexity index is 1750. The zero-order valence-electron chi connectivity index (χ0n) is 23.7. The molecule has 4 aromatic rings. The van der Waals surface area contributed by atoms with Gasteiger partial charge in [0.05, 0.1) is 28.9 Å². The van der Waals surface area contributed by atoms with Gasteiger partial charge in [-0.2, -0.15) is 13.2 Å². The van der Waals surface area contributed by atoms with E-state index in [1.54, 1.807) is 44.5 Å². The van der Waals surface area contributed by atoms with Gasteiger partial charge in [0.15, 0.2) is 9.84 Å². The minimum Gasteiger partial charge on any atom is -0.406 e. The number of halogens is 4. The van der Waals surface area contributed by atoms with Gasteiger partial charge in [0.1, 0.15) is 15.7 Å². The minimum atomic E-state index is -4.62. The molecular weight excluding hydrogens is 602 g/mol. The second-order valence-corrected chi connectivity index (χ2v) is 13.7. The molecule has 0 aliphatic carbocycles. The van der Waals surface area contributed by atoms with Gasteiger partial charge in [-0.25, -0.2) is 8.42 Å². The van der Waals surface area contributed by atoms with Crippen molar-refractivity contribution in [3.05, 3.63) is 99.7 Å². The van der Waals surface area contributed by atoms with Crippen LogP contribution in [0.5, 0.6) is 0 Å². The first-order chi connectivity index (χ1) is 20.0. The van der Waals surface area contributed by atoms with Crippen LogP contribution in [-0.2, 0) is 29.0 Å². The zero-order valence-corrected chi connectivity index (χ0v) is 25.3. The molecule has 4 rings (SSSR count). The predicted molar refractivity (Wildman–Crippen MR) is 165 cm³/mol. The van der Waals surface area contributed by atoms with E-state index in [-0.39, 0.29) is 39.8 Å². The van der Waals surface area contributed by atoms with E-state index < -0.39 is 45.5 Å². The average molecular weight is 633 g/mol. The summed E-state index contributed by atoms with van der Waals surface area (Å²) in [6, 6.07) is 15.2. The molecule has 43 heavy (non-hydrogen) atoms. The molecule has 3 N–H and O–H groups in total. The van der Waals surface area contributed by atoms with Crippen LogP contribution in [0.15, 0.2) is 71.6 Å². The van der Waals surface area contributed by atoms with Gasteiger partial charge in [-0.05, 0) is 59.7 Å². The number of hydrogen-bond acceptors (Lipinski definition) is 5. The lowest BCUT2D eigenvalue weighted by atomic mass is 9.65. The Kier molecular flexibility index (Phi) is 9.41. The average Bonchev–Trinajstić information content (AvgIpc) is 3.26. The molecule has 0 saturated heterocycles. The highest BCUT2D eigenvalue weighted by molar-refractivity contribution is 7.91. The SMILES string of the molecule is BC(B)(O)Cn1c(Cc2ccc(Cl)cc2C(F)(F)F)cc2cc(C(=O)N[C@@H](CO)c3ccc(S(=O)(=O)CC)cc3)ccc21. The Labute approximate surface area is 254 Å². The number of rotatable bonds is 10. The van der Waals surface area contributed by atoms with Crippen LogP contribution in [0, 0.1) is 0 Å². The maximum absolute atomic E-state index is 13.8. The Morgan fingerprint density at radius 1 is 1.05 bits per heavy atom. The van der Waals surface area contributed by atoms with Crippen LogP contribution in [0.25, 0.3) is 10.9 Å². The number of alkyl halides is 3. The van der Waals surface area contributed by atoms with Gasteiger partial charge >= 0.3 is 6.18 Å². The van der Waals surface area contributed by atoms with E-state index >= 15 is 0 Å². The lowest BCUT2D eigenvalue weighted by Gasteiger charge is -2.22. The second kappa shape index (κ2) is 12.4. The number of nitrogens with one attached hydrogen (secondary N) is 1. The van der Waals surface area contributed by atoms with Gasteiger partial charge in [0.2, 0.25) is 0 Å². The number of hydrogen-bond donors (Lipinski definition) is 3. The number of nitrogens with zero attached hydrogens (tertiary/aromatic N) is 1. The number of sulfone groups is 1. The lowest BCUT2D eigenvalue weighted by Crippen LogP contribution is -2.35. The third kappa shape index (κ3) is 7.64. The summed E-state index contributed by atoms with van der Waals surface area (Å²) in [4.78, 5) is 13.3. The standard InChI is InChI=1S/C29H30B2ClF3N2O5S/c1-2-43(41,42)23-8-4-17(5-9-23)25(15-38)36-27(39)19-6-10-26-20(11-19)13-22(37(26)16-28(30,31)40)12-18-3-7-21(32)14-24(18)29(33,34)35/h3-11,13-14,25,38,40H,2,12,15-16,30-31H2,1H3,(H,36,39)/t25-/m0/s1. The monoisotopic (exact) mass is 632 g/mol. The summed E-state index contributed by atoms with van der Waals surface area (Å²) in [5.74, 6) is -0.572. The zero-order chi connectivity index (χ0) is 31.7. The Morgan fingerprint density at radius 3 is 2.30 bits per heavy atom. The molecular formula is C29H30B2ClF3N2O5S. The third-order valence-electron chi connectivity index (χ3n) is 7.05. The van der Waals surface area contributed by atoms with Crippen molar-refractivity contribution >= 4 is 53.9 Å². The normalized spacial score (nSPS) is 13.3. The molecule has 0 radical (unpaired) electrons. The summed E-state index contributed by atoms with van der Waals surface area (Å²) in [5, 5.41) is 22.6. The lowest BCUT2D eigenvalue weighted by molar-refractivity contribution is -0.138. The molecule has 0 saturated carbocycles. The number of benzene rings is 3. The predicted octanol–water partition coefficient (Wildman–Crippen LogP) is 3.07. The molecule has 1 heterocycles. The van der Waals surface area contributed by atoms with Crippen LogP contribution in [-0.4, -0.2) is 62.6 Å². The summed E-state index contributed by atoms with van der Waals surface area (Å²) in [6.45, 7) is 1.18. The molecule has 0 spiro atoms. The van der Waals surface area contributed by atoms with E-state index in [9.17, 15) is 36.6 Å². The fourth-order valence-corrected chi connectivity index (χ4v) is 5.96. The van der Waals surface area contributed by atoms with Gasteiger partial charge in [-0.3, -0.25) is 4.79 Å². The van der Waals surface area contributed by atoms with E-state index in [1.165, 1.54) is 43.3 Å². The molecule has 1 aromatic heterocycles. The largest absolute Gasteiger partial charge is 0.416 e. The van der Waals surface area contributed by atoms with Gasteiger partial charge in [-0.15, -0.1) is 0 Å². The summed E-state index contributed by atoms with van der Waals surface area (Å²) >= 11 is 5.86. The maximum atomic E-state index is 13.8. The van der Waals surface area contributed by atoms with Crippen molar-refractivity contribution in [2.75, 3.05) is 12.4 Å². The van der Waals surface area contributed by atoms with E-state index in [2.05, 4.69) is 5.32 Å². The minimum absolute atomic E-state index is 0.0122. The first-order valence-electron chi connectivity index (χ1n) is 13.5. The number of fused-ring (bicyclic) bond motifs is 1. The number of carbonyl (C=O) groups excluding carboxylic acids is 1. The Morgan fingerprint density at radius 2 is 1.72 bits per heavy atom. The van der Waals surface area contributed by atoms with Crippen molar-refractivity contribution < 1.29 is 36.6 Å². The quantitative estimate of drug-likeness (QED) is 0.233. The van der Waals surface area contributed by atoms with Gasteiger partial charge in [0, 0.05) is 45.5 Å². The molecule has 14 heteroatoms. The van der Waals surface area contributed by atoms with E-state index in [0.29, 0.717) is 22.2 Å². The number of carbonyl (C=O) groups is 1. The molecule has 226 valence electrons. The van der Waals surface area contributed by atoms with Crippen molar-refractivity contribution in [1.82, 2.24) is 9.88 Å². The molecule has 0 aliphatic rings. The van der Waals surface area contributed by atoms with Crippen LogP contribution >= 0.6 is 11.6 Å². The van der Waals surface area contributed by atoms with Gasteiger partial charge in [-0.1, -0.05) is 36.7 Å². The first kappa shape index (κ1) is 32.7. The smallest absolute Gasteiger partial charge is 0.406 e. The first-order valence-corrected chi connectivity index (χ1v) is 15.5. The fourth-order valence-electron chi connectivity index (χ4n) is 4.90. The topological polar surface area (TPSA) is 109 Å². The van der Waals surface area contributed by atoms with Crippen molar-refractivity contribution in [3.8, 4) is 0 Å². The number of aliphatic hydroxyl groups is 2. The van der Waals surface area contributed by atoms with E-state index in [1.807, 2.05) is 0 Å². The summed E-state index contributed by atoms with van der Waals surface area (Å²) in [5.41, 5.74) is 1.02. The molecule has 0 unspecified atom stereocenters. The third-order valence-corrected chi connectivity index (χ3v) is 9.04. The number of aromatic nitrogens is 1. The molecule has 3 aromatic carbocycles. The summed E-state index contributed by atoms with van der Waals surface area (Å²) in [6.07, 6.45) is -4.72. The van der Waals surface area contributed by atoms with Crippen LogP contribution in [0.4, 0.5) is 13.2 Å². The molecule has 1 amide bonds. The number of amides is 1. The van der Waals surface area contributed by atoms with Crippen molar-refractivity contribution in [3.63, 3.8) is 0 Å². The Hall–Kier alpha value is -3.25. The highest BCUT2D eigenvalue weighted by atomic mass is 35.5. The molecule has 1 atom stereocenters. The fraction of sp³-hybridized carbons (Fsp3) is 0.276. The number of aliphatic hydroxyl groups excluding tert-OH is 1. The maximum Gasteiger partial charge on any atom is 0.416 e. The Balaban J connectivity index is 1.67. The van der Waals surface area contributed by atoms with Crippen molar-refractivity contribution in [2.24, 2.45) is 0 Å². The molecule has 0 bridgehead atoms. The summed E-state index contributed by atoms with van der Waals surface area (Å²) < 4.78 is 67.3. The molecule has 0 aliphatic heterocycles. The molecule has 0 fully saturated rings. The summed E-state index contributed by atoms with van der Waals surface area (Å²) in [7, 11) is -0.227. The highest BCUT2D eigenvalue weighted by Gasteiger charge is 2.34. The van der Waals surface area contributed by atoms with Crippen LogP contribution in [0.1, 0.15) is 45.7 Å². The van der Waals surface area contributed by atoms with E-state index in [4.69, 9.17) is 11.6 Å². The van der Waals surface area contributed by atoms with Crippen molar-refractivity contribution in [1.29, 1.82) is 0 Å². The van der Waals surface area contributed by atoms with Gasteiger partial charge in [0.25, 0.3) is 5.91 Å². The second-order valence-electron chi connectivity index (χ2n) is 11.0. The van der Waals surface area contributed by atoms with E-state index in [0.717, 1.165) is 6.07 Å². The van der Waals surface area contributed by atoms with Crippen molar-refractivity contribution in [2.45, 2.75) is 42.4 Å². The van der Waals surface area contributed by atoms with Gasteiger partial charge < -0.3 is 20.1 Å². The molecule has 7 nitrogen and oxygen atoms in total. The van der Waals surface area contributed by atoms with Crippen LogP contribution in [0.2, 0.25) is 5.02 Å². The highest BCUT2D eigenvalue weighted by Crippen LogP contribution is 2.35. The van der Waals surface area contributed by atoms with Crippen LogP contribution in [0.3, 0.4) is 0 Å².